The van der Waals surface area contributed by atoms with Gasteiger partial charge in [0.1, 0.15) is 12.2 Å². The van der Waals surface area contributed by atoms with Gasteiger partial charge in [0, 0.05) is 17.0 Å². The molecule has 0 aliphatic heterocycles. The summed E-state index contributed by atoms with van der Waals surface area (Å²) >= 11 is 12.0. The zero-order valence-electron chi connectivity index (χ0n) is 15.0. The van der Waals surface area contributed by atoms with E-state index in [9.17, 15) is 9.59 Å². The van der Waals surface area contributed by atoms with Gasteiger partial charge in [0.2, 0.25) is 0 Å². The van der Waals surface area contributed by atoms with Crippen LogP contribution >= 0.6 is 23.2 Å². The Kier molecular flexibility index (Phi) is 5.43. The smallest absolute Gasteiger partial charge is 0.344 e. The molecule has 0 unspecified atom stereocenters. The number of hydrogen-bond acceptors (Lipinski definition) is 5. The number of esters is 1. The van der Waals surface area contributed by atoms with Crippen LogP contribution in [0.3, 0.4) is 0 Å². The fraction of sp³-hybridized carbons (Fsp3) is 0.0909. The Labute approximate surface area is 175 Å². The normalized spacial score (nSPS) is 11.0. The van der Waals surface area contributed by atoms with E-state index in [-0.39, 0.29) is 19.0 Å². The van der Waals surface area contributed by atoms with Crippen LogP contribution in [-0.2, 0) is 16.1 Å². The number of rotatable bonds is 5. The second-order valence-electron chi connectivity index (χ2n) is 6.25. The third kappa shape index (κ3) is 4.06. The van der Waals surface area contributed by atoms with Crippen LogP contribution in [0.4, 0.5) is 0 Å². The van der Waals surface area contributed by atoms with Gasteiger partial charge in [0.25, 0.3) is 0 Å². The van der Waals surface area contributed by atoms with Crippen molar-refractivity contribution in [2.45, 2.75) is 6.61 Å². The Hall–Kier alpha value is -3.02. The van der Waals surface area contributed by atoms with Crippen LogP contribution in [0.15, 0.2) is 69.9 Å². The summed E-state index contributed by atoms with van der Waals surface area (Å²) < 4.78 is 16.0. The standard InChI is InChI=1S/C22H14Cl2O5/c23-16-6-3-7-17(24)22(16)28-12-20(26)27-11-14-10-19(25)29-18-9-8-13-4-1-2-5-15(13)21(14)18/h1-10H,11-12H2. The quantitative estimate of drug-likeness (QED) is 0.242. The second kappa shape index (κ2) is 8.15. The topological polar surface area (TPSA) is 65.7 Å². The Morgan fingerprint density at radius 1 is 0.966 bits per heavy atom. The molecule has 0 aliphatic carbocycles. The van der Waals surface area contributed by atoms with Gasteiger partial charge in [-0.2, -0.15) is 0 Å². The maximum absolute atomic E-state index is 12.2. The molecule has 7 heteroatoms. The number of para-hydroxylation sites is 1. The average molecular weight is 429 g/mol. The minimum absolute atomic E-state index is 0.103. The molecule has 1 aromatic heterocycles. The molecular weight excluding hydrogens is 415 g/mol. The highest BCUT2D eigenvalue weighted by molar-refractivity contribution is 6.37. The van der Waals surface area contributed by atoms with Crippen LogP contribution in [0.2, 0.25) is 10.0 Å². The second-order valence-corrected chi connectivity index (χ2v) is 7.07. The van der Waals surface area contributed by atoms with Crippen molar-refractivity contribution in [3.8, 4) is 5.75 Å². The summed E-state index contributed by atoms with van der Waals surface area (Å²) in [6.07, 6.45) is 0. The number of halogens is 2. The van der Waals surface area contributed by atoms with E-state index in [2.05, 4.69) is 0 Å². The summed E-state index contributed by atoms with van der Waals surface area (Å²) in [5, 5.41) is 3.20. The molecule has 0 spiro atoms. The van der Waals surface area contributed by atoms with E-state index in [0.29, 0.717) is 21.2 Å². The van der Waals surface area contributed by atoms with E-state index in [4.69, 9.17) is 37.1 Å². The zero-order valence-corrected chi connectivity index (χ0v) is 16.5. The van der Waals surface area contributed by atoms with E-state index in [1.165, 1.54) is 6.07 Å². The van der Waals surface area contributed by atoms with Crippen LogP contribution < -0.4 is 10.4 Å². The minimum atomic E-state index is -0.623. The number of benzene rings is 3. The SMILES string of the molecule is O=C(COc1c(Cl)cccc1Cl)OCc1cc(=O)oc2ccc3ccccc3c12. The Morgan fingerprint density at radius 3 is 2.52 bits per heavy atom. The highest BCUT2D eigenvalue weighted by Crippen LogP contribution is 2.32. The monoisotopic (exact) mass is 428 g/mol. The van der Waals surface area contributed by atoms with Gasteiger partial charge in [-0.1, -0.05) is 59.6 Å². The van der Waals surface area contributed by atoms with Gasteiger partial charge in [-0.3, -0.25) is 0 Å². The van der Waals surface area contributed by atoms with Gasteiger partial charge >= 0.3 is 11.6 Å². The first-order valence-electron chi connectivity index (χ1n) is 8.70. The van der Waals surface area contributed by atoms with Crippen molar-refractivity contribution in [2.24, 2.45) is 0 Å². The number of fused-ring (bicyclic) bond motifs is 3. The first-order valence-corrected chi connectivity index (χ1v) is 9.45. The van der Waals surface area contributed by atoms with Crippen molar-refractivity contribution in [1.29, 1.82) is 0 Å². The molecule has 0 radical (unpaired) electrons. The maximum Gasteiger partial charge on any atom is 0.344 e. The lowest BCUT2D eigenvalue weighted by Crippen LogP contribution is -2.15. The van der Waals surface area contributed by atoms with Crippen molar-refractivity contribution >= 4 is 50.9 Å². The lowest BCUT2D eigenvalue weighted by Gasteiger charge is -2.11. The fourth-order valence-electron chi connectivity index (χ4n) is 3.09. The lowest BCUT2D eigenvalue weighted by atomic mass is 10.0. The predicted molar refractivity (Wildman–Crippen MR) is 112 cm³/mol. The van der Waals surface area contributed by atoms with Crippen molar-refractivity contribution in [2.75, 3.05) is 6.61 Å². The van der Waals surface area contributed by atoms with Gasteiger partial charge < -0.3 is 13.9 Å². The molecule has 5 nitrogen and oxygen atoms in total. The van der Waals surface area contributed by atoms with Crippen LogP contribution in [0, 0.1) is 0 Å². The van der Waals surface area contributed by atoms with Gasteiger partial charge in [-0.15, -0.1) is 0 Å². The van der Waals surface area contributed by atoms with Gasteiger partial charge in [0.15, 0.2) is 12.4 Å². The molecule has 0 N–H and O–H groups in total. The molecule has 4 rings (SSSR count). The molecule has 3 aromatic carbocycles. The minimum Gasteiger partial charge on any atom is -0.479 e. The first-order chi connectivity index (χ1) is 14.0. The zero-order chi connectivity index (χ0) is 20.4. The van der Waals surface area contributed by atoms with E-state index < -0.39 is 11.6 Å². The van der Waals surface area contributed by atoms with Crippen LogP contribution in [-0.4, -0.2) is 12.6 Å². The molecule has 146 valence electrons. The summed E-state index contributed by atoms with van der Waals surface area (Å²) in [6, 6.07) is 17.5. The number of hydrogen-bond donors (Lipinski definition) is 0. The number of ether oxygens (including phenoxy) is 2. The van der Waals surface area contributed by atoms with E-state index in [0.717, 1.165) is 16.2 Å². The molecule has 0 aliphatic rings. The summed E-state index contributed by atoms with van der Waals surface area (Å²) in [7, 11) is 0. The van der Waals surface area contributed by atoms with Crippen molar-refractivity contribution in [1.82, 2.24) is 0 Å². The molecule has 0 saturated heterocycles. The molecule has 4 aromatic rings. The Morgan fingerprint density at radius 2 is 1.72 bits per heavy atom. The van der Waals surface area contributed by atoms with E-state index in [1.807, 2.05) is 30.3 Å². The third-order valence-electron chi connectivity index (χ3n) is 4.36. The van der Waals surface area contributed by atoms with E-state index in [1.54, 1.807) is 24.3 Å². The summed E-state index contributed by atoms with van der Waals surface area (Å²) in [5.41, 5.74) is 0.469. The van der Waals surface area contributed by atoms with Gasteiger partial charge in [-0.25, -0.2) is 9.59 Å². The number of carbonyl (C=O) groups is 1. The largest absolute Gasteiger partial charge is 0.479 e. The molecule has 0 fully saturated rings. The van der Waals surface area contributed by atoms with Crippen molar-refractivity contribution in [3.63, 3.8) is 0 Å². The van der Waals surface area contributed by atoms with Gasteiger partial charge in [-0.05, 0) is 29.0 Å². The van der Waals surface area contributed by atoms with Crippen LogP contribution in [0.25, 0.3) is 21.7 Å². The van der Waals surface area contributed by atoms with Crippen molar-refractivity contribution < 1.29 is 18.7 Å². The average Bonchev–Trinajstić information content (AvgIpc) is 2.71. The highest BCUT2D eigenvalue weighted by Gasteiger charge is 2.14. The number of carbonyl (C=O) groups excluding carboxylic acids is 1. The predicted octanol–water partition coefficient (Wildman–Crippen LogP) is 5.38. The molecule has 0 saturated carbocycles. The molecular formula is C22H14Cl2O5. The van der Waals surface area contributed by atoms with Crippen molar-refractivity contribution in [3.05, 3.63) is 86.7 Å². The molecule has 1 heterocycles. The highest BCUT2D eigenvalue weighted by atomic mass is 35.5. The van der Waals surface area contributed by atoms with Crippen LogP contribution in [0.5, 0.6) is 5.75 Å². The molecule has 0 atom stereocenters. The lowest BCUT2D eigenvalue weighted by molar-refractivity contribution is -0.147. The summed E-state index contributed by atoms with van der Waals surface area (Å²) in [6.45, 7) is -0.474. The third-order valence-corrected chi connectivity index (χ3v) is 4.95. The summed E-state index contributed by atoms with van der Waals surface area (Å²) in [4.78, 5) is 24.1. The maximum atomic E-state index is 12.2. The summed E-state index contributed by atoms with van der Waals surface area (Å²) in [5.74, 6) is -0.410. The van der Waals surface area contributed by atoms with Gasteiger partial charge in [0.05, 0.1) is 10.0 Å². The van der Waals surface area contributed by atoms with E-state index >= 15 is 0 Å². The molecule has 0 amide bonds. The first kappa shape index (κ1) is 19.3. The fourth-order valence-corrected chi connectivity index (χ4v) is 3.59. The Balaban J connectivity index is 1.56. The van der Waals surface area contributed by atoms with Crippen LogP contribution in [0.1, 0.15) is 5.56 Å². The Bertz CT molecular complexity index is 1260. The molecule has 29 heavy (non-hydrogen) atoms. The molecule has 0 bridgehead atoms.